The highest BCUT2D eigenvalue weighted by molar-refractivity contribution is 5.94. The van der Waals surface area contributed by atoms with Crippen LogP contribution < -0.4 is 9.64 Å². The first-order valence-corrected chi connectivity index (χ1v) is 11.0. The van der Waals surface area contributed by atoms with E-state index in [-0.39, 0.29) is 5.91 Å². The Labute approximate surface area is 187 Å². The third-order valence-corrected chi connectivity index (χ3v) is 5.79. The van der Waals surface area contributed by atoms with E-state index >= 15 is 0 Å². The quantitative estimate of drug-likeness (QED) is 0.511. The number of benzene rings is 3. The Bertz CT molecular complexity index is 1170. The van der Waals surface area contributed by atoms with Gasteiger partial charge in [0.05, 0.1) is 11.0 Å². The van der Waals surface area contributed by atoms with E-state index in [1.165, 1.54) is 0 Å². The number of anilines is 1. The molecule has 2 heterocycles. The molecule has 1 aromatic heterocycles. The third kappa shape index (κ3) is 4.44. The van der Waals surface area contributed by atoms with Gasteiger partial charge in [0.25, 0.3) is 5.91 Å². The summed E-state index contributed by atoms with van der Waals surface area (Å²) in [5, 5.41) is 0. The standard InChI is InChI=1S/C26H26N4O2/c31-25(21-10-6-11-22(18-21)32-19-20-8-2-1-3-9-20)29-14-7-15-30(17-16-29)26-27-23-12-4-5-13-24(23)28-26/h1-6,8-13,18H,7,14-17,19H2,(H,27,28). The van der Waals surface area contributed by atoms with E-state index in [0.29, 0.717) is 24.5 Å². The highest BCUT2D eigenvalue weighted by Crippen LogP contribution is 2.20. The van der Waals surface area contributed by atoms with Gasteiger partial charge in [0.15, 0.2) is 0 Å². The largest absolute Gasteiger partial charge is 0.489 e. The highest BCUT2D eigenvalue weighted by Gasteiger charge is 2.22. The number of aromatic nitrogens is 2. The smallest absolute Gasteiger partial charge is 0.254 e. The van der Waals surface area contributed by atoms with Gasteiger partial charge in [-0.3, -0.25) is 4.79 Å². The second kappa shape index (κ2) is 9.14. The van der Waals surface area contributed by atoms with Crippen molar-refractivity contribution in [1.29, 1.82) is 0 Å². The Hall–Kier alpha value is -3.80. The maximum atomic E-state index is 13.2. The van der Waals surface area contributed by atoms with Gasteiger partial charge >= 0.3 is 0 Å². The van der Waals surface area contributed by atoms with Crippen molar-refractivity contribution in [3.8, 4) is 5.75 Å². The number of nitrogens with zero attached hydrogens (tertiary/aromatic N) is 3. The molecule has 1 saturated heterocycles. The molecule has 6 nitrogen and oxygen atoms in total. The van der Waals surface area contributed by atoms with E-state index in [0.717, 1.165) is 48.6 Å². The number of imidazole rings is 1. The van der Waals surface area contributed by atoms with Gasteiger partial charge in [-0.05, 0) is 42.3 Å². The van der Waals surface area contributed by atoms with Crippen LogP contribution in [0.2, 0.25) is 0 Å². The fraction of sp³-hybridized carbons (Fsp3) is 0.231. The Morgan fingerprint density at radius 1 is 0.906 bits per heavy atom. The number of amides is 1. The molecular weight excluding hydrogens is 400 g/mol. The highest BCUT2D eigenvalue weighted by atomic mass is 16.5. The van der Waals surface area contributed by atoms with Gasteiger partial charge in [0.2, 0.25) is 5.95 Å². The monoisotopic (exact) mass is 426 g/mol. The van der Waals surface area contributed by atoms with Crippen molar-refractivity contribution in [2.24, 2.45) is 0 Å². The molecule has 0 atom stereocenters. The zero-order valence-electron chi connectivity index (χ0n) is 17.9. The van der Waals surface area contributed by atoms with Crippen LogP contribution in [0.3, 0.4) is 0 Å². The molecule has 162 valence electrons. The van der Waals surface area contributed by atoms with Gasteiger partial charge in [0, 0.05) is 31.7 Å². The predicted molar refractivity (Wildman–Crippen MR) is 126 cm³/mol. The first-order valence-electron chi connectivity index (χ1n) is 11.0. The fourth-order valence-corrected chi connectivity index (χ4v) is 4.06. The van der Waals surface area contributed by atoms with E-state index in [4.69, 9.17) is 9.72 Å². The van der Waals surface area contributed by atoms with Crippen LogP contribution in [0.25, 0.3) is 11.0 Å². The fourth-order valence-electron chi connectivity index (χ4n) is 4.06. The van der Waals surface area contributed by atoms with Crippen molar-refractivity contribution in [2.75, 3.05) is 31.1 Å². The van der Waals surface area contributed by atoms with Crippen LogP contribution in [0.1, 0.15) is 22.3 Å². The lowest BCUT2D eigenvalue weighted by molar-refractivity contribution is 0.0766. The van der Waals surface area contributed by atoms with Crippen molar-refractivity contribution >= 4 is 22.9 Å². The number of H-pyrrole nitrogens is 1. The summed E-state index contributed by atoms with van der Waals surface area (Å²) in [6, 6.07) is 25.5. The molecule has 0 saturated carbocycles. The zero-order valence-corrected chi connectivity index (χ0v) is 17.9. The first-order chi connectivity index (χ1) is 15.8. The van der Waals surface area contributed by atoms with Crippen molar-refractivity contribution in [3.63, 3.8) is 0 Å². The number of carbonyl (C=O) groups excluding carboxylic acids is 1. The molecule has 1 N–H and O–H groups in total. The van der Waals surface area contributed by atoms with Crippen LogP contribution in [0.15, 0.2) is 78.9 Å². The van der Waals surface area contributed by atoms with Crippen molar-refractivity contribution < 1.29 is 9.53 Å². The number of hydrogen-bond donors (Lipinski definition) is 1. The van der Waals surface area contributed by atoms with Gasteiger partial charge in [-0.25, -0.2) is 4.98 Å². The Morgan fingerprint density at radius 2 is 1.75 bits per heavy atom. The lowest BCUT2D eigenvalue weighted by Crippen LogP contribution is -2.35. The lowest BCUT2D eigenvalue weighted by atomic mass is 10.2. The maximum absolute atomic E-state index is 13.2. The number of fused-ring (bicyclic) bond motifs is 1. The number of hydrogen-bond acceptors (Lipinski definition) is 4. The minimum absolute atomic E-state index is 0.0432. The Morgan fingerprint density at radius 3 is 2.62 bits per heavy atom. The van der Waals surface area contributed by atoms with Crippen LogP contribution in [0, 0.1) is 0 Å². The van der Waals surface area contributed by atoms with Gasteiger partial charge in [-0.2, -0.15) is 0 Å². The lowest BCUT2D eigenvalue weighted by Gasteiger charge is -2.22. The predicted octanol–water partition coefficient (Wildman–Crippen LogP) is 4.49. The van der Waals surface area contributed by atoms with Gasteiger partial charge in [0.1, 0.15) is 12.4 Å². The molecule has 0 bridgehead atoms. The second-order valence-corrected chi connectivity index (χ2v) is 8.01. The Balaban J connectivity index is 1.23. The molecule has 3 aromatic carbocycles. The summed E-state index contributed by atoms with van der Waals surface area (Å²) in [6.45, 7) is 3.48. The normalized spacial score (nSPS) is 14.4. The second-order valence-electron chi connectivity index (χ2n) is 8.01. The average Bonchev–Trinajstić information content (AvgIpc) is 3.12. The molecule has 1 fully saturated rings. The number of aromatic amines is 1. The van der Waals surface area contributed by atoms with Crippen LogP contribution in [0.4, 0.5) is 5.95 Å². The first kappa shape index (κ1) is 20.1. The van der Waals surface area contributed by atoms with E-state index in [2.05, 4.69) is 9.88 Å². The SMILES string of the molecule is O=C(c1cccc(OCc2ccccc2)c1)N1CCCN(c2nc3ccccc3[nH]2)CC1. The van der Waals surface area contributed by atoms with Gasteiger partial charge in [-0.15, -0.1) is 0 Å². The Kier molecular flexibility index (Phi) is 5.75. The summed E-state index contributed by atoms with van der Waals surface area (Å²) >= 11 is 0. The van der Waals surface area contributed by atoms with E-state index in [9.17, 15) is 4.79 Å². The maximum Gasteiger partial charge on any atom is 0.254 e. The number of carbonyl (C=O) groups is 1. The molecule has 0 spiro atoms. The van der Waals surface area contributed by atoms with E-state index in [1.54, 1.807) is 0 Å². The molecule has 1 aliphatic rings. The molecule has 1 aliphatic heterocycles. The number of ether oxygens (including phenoxy) is 1. The minimum atomic E-state index is 0.0432. The number of para-hydroxylation sites is 2. The average molecular weight is 427 g/mol. The molecule has 0 unspecified atom stereocenters. The number of rotatable bonds is 5. The van der Waals surface area contributed by atoms with E-state index < -0.39 is 0 Å². The summed E-state index contributed by atoms with van der Waals surface area (Å²) in [5.74, 6) is 1.62. The van der Waals surface area contributed by atoms with Gasteiger partial charge in [-0.1, -0.05) is 48.5 Å². The topological polar surface area (TPSA) is 61.5 Å². The summed E-state index contributed by atoms with van der Waals surface area (Å²) < 4.78 is 5.91. The van der Waals surface area contributed by atoms with Crippen molar-refractivity contribution in [2.45, 2.75) is 13.0 Å². The molecular formula is C26H26N4O2. The van der Waals surface area contributed by atoms with E-state index in [1.807, 2.05) is 83.8 Å². The molecule has 5 rings (SSSR count). The molecule has 4 aromatic rings. The van der Waals surface area contributed by atoms with Crippen LogP contribution in [0.5, 0.6) is 5.75 Å². The number of nitrogens with one attached hydrogen (secondary N) is 1. The molecule has 0 aliphatic carbocycles. The third-order valence-electron chi connectivity index (χ3n) is 5.79. The molecule has 6 heteroatoms. The minimum Gasteiger partial charge on any atom is -0.489 e. The summed E-state index contributed by atoms with van der Waals surface area (Å²) in [7, 11) is 0. The molecule has 0 radical (unpaired) electrons. The summed E-state index contributed by atoms with van der Waals surface area (Å²) in [5.41, 5.74) is 3.76. The van der Waals surface area contributed by atoms with Crippen molar-refractivity contribution in [1.82, 2.24) is 14.9 Å². The summed E-state index contributed by atoms with van der Waals surface area (Å²) in [6.07, 6.45) is 0.896. The van der Waals surface area contributed by atoms with Gasteiger partial charge < -0.3 is 19.5 Å². The molecule has 32 heavy (non-hydrogen) atoms. The van der Waals surface area contributed by atoms with Crippen molar-refractivity contribution in [3.05, 3.63) is 90.0 Å². The van der Waals surface area contributed by atoms with Crippen LogP contribution >= 0.6 is 0 Å². The summed E-state index contributed by atoms with van der Waals surface area (Å²) in [4.78, 5) is 25.5. The zero-order chi connectivity index (χ0) is 21.8. The van der Waals surface area contributed by atoms with Crippen LogP contribution in [-0.2, 0) is 6.61 Å². The van der Waals surface area contributed by atoms with Crippen LogP contribution in [-0.4, -0.2) is 47.0 Å². The molecule has 1 amide bonds.